The second kappa shape index (κ2) is 5.50. The number of ether oxygens (including phenoxy) is 1. The second-order valence-electron chi connectivity index (χ2n) is 4.58. The lowest BCUT2D eigenvalue weighted by Gasteiger charge is -2.10. The Balaban J connectivity index is 1.90. The van der Waals surface area contributed by atoms with Gasteiger partial charge in [0.2, 0.25) is 0 Å². The normalized spacial score (nSPS) is 10.6. The van der Waals surface area contributed by atoms with Crippen LogP contribution in [0, 0.1) is 0 Å². The number of amides is 1. The molecule has 1 amide bonds. The molecule has 0 fully saturated rings. The molecule has 2 N–H and O–H groups in total. The maximum absolute atomic E-state index is 12.3. The number of nitrogens with one attached hydrogen (secondary N) is 2. The minimum absolute atomic E-state index is 0.216. The zero-order chi connectivity index (χ0) is 14.8. The van der Waals surface area contributed by atoms with Gasteiger partial charge >= 0.3 is 0 Å². The molecule has 0 atom stereocenters. The standard InChI is InChI=1S/C16H13ClN2O2/c1-21-15-5-4-12(17)9-14(15)19-16(20)11-3-2-10-6-7-18-13(10)8-11/h2-9,18H,1H3,(H,19,20). The molecule has 3 rings (SSSR count). The van der Waals surface area contributed by atoms with Gasteiger partial charge in [0.1, 0.15) is 5.75 Å². The van der Waals surface area contributed by atoms with Crippen molar-refractivity contribution < 1.29 is 9.53 Å². The molecule has 4 nitrogen and oxygen atoms in total. The number of hydrogen-bond acceptors (Lipinski definition) is 2. The van der Waals surface area contributed by atoms with E-state index in [1.807, 2.05) is 24.4 Å². The molecule has 0 radical (unpaired) electrons. The van der Waals surface area contributed by atoms with Crippen molar-refractivity contribution in [3.05, 3.63) is 59.2 Å². The van der Waals surface area contributed by atoms with Crippen molar-refractivity contribution in [2.45, 2.75) is 0 Å². The van der Waals surface area contributed by atoms with Gasteiger partial charge in [-0.1, -0.05) is 17.7 Å². The average molecular weight is 301 g/mol. The first-order valence-corrected chi connectivity index (χ1v) is 6.77. The molecule has 1 heterocycles. The van der Waals surface area contributed by atoms with Crippen molar-refractivity contribution in [3.63, 3.8) is 0 Å². The summed E-state index contributed by atoms with van der Waals surface area (Å²) in [6.07, 6.45) is 1.84. The lowest BCUT2D eigenvalue weighted by molar-refractivity contribution is 0.102. The molecule has 21 heavy (non-hydrogen) atoms. The number of carbonyl (C=O) groups excluding carboxylic acids is 1. The van der Waals surface area contributed by atoms with Crippen molar-refractivity contribution in [1.29, 1.82) is 0 Å². The number of benzene rings is 2. The summed E-state index contributed by atoms with van der Waals surface area (Å²) in [5.41, 5.74) is 2.02. The number of methoxy groups -OCH3 is 1. The molecule has 5 heteroatoms. The van der Waals surface area contributed by atoms with Crippen LogP contribution in [0.1, 0.15) is 10.4 Å². The number of anilines is 1. The Morgan fingerprint density at radius 3 is 2.86 bits per heavy atom. The SMILES string of the molecule is COc1ccc(Cl)cc1NC(=O)c1ccc2cc[nH]c2c1. The van der Waals surface area contributed by atoms with Crippen LogP contribution >= 0.6 is 11.6 Å². The summed E-state index contributed by atoms with van der Waals surface area (Å²) >= 11 is 5.95. The first kappa shape index (κ1) is 13.5. The van der Waals surface area contributed by atoms with Gasteiger partial charge < -0.3 is 15.0 Å². The molecule has 0 aliphatic carbocycles. The molecule has 0 bridgehead atoms. The Kier molecular flexibility index (Phi) is 3.54. The average Bonchev–Trinajstić information content (AvgIpc) is 2.94. The third-order valence-electron chi connectivity index (χ3n) is 3.23. The summed E-state index contributed by atoms with van der Waals surface area (Å²) < 4.78 is 5.22. The fourth-order valence-corrected chi connectivity index (χ4v) is 2.33. The van der Waals surface area contributed by atoms with Crippen LogP contribution in [0.25, 0.3) is 10.9 Å². The number of H-pyrrole nitrogens is 1. The number of aromatic nitrogens is 1. The molecule has 0 aliphatic rings. The lowest BCUT2D eigenvalue weighted by atomic mass is 10.1. The Hall–Kier alpha value is -2.46. The zero-order valence-electron chi connectivity index (χ0n) is 11.3. The summed E-state index contributed by atoms with van der Waals surface area (Å²) in [6, 6.07) is 12.5. The van der Waals surface area contributed by atoms with E-state index < -0.39 is 0 Å². The van der Waals surface area contributed by atoms with Gasteiger partial charge in [-0.15, -0.1) is 0 Å². The molecule has 0 aliphatic heterocycles. The van der Waals surface area contributed by atoms with E-state index in [1.54, 1.807) is 31.4 Å². The van der Waals surface area contributed by atoms with Gasteiger partial charge in [0.05, 0.1) is 12.8 Å². The predicted octanol–water partition coefficient (Wildman–Crippen LogP) is 4.08. The van der Waals surface area contributed by atoms with E-state index >= 15 is 0 Å². The maximum Gasteiger partial charge on any atom is 0.255 e. The number of aromatic amines is 1. The van der Waals surface area contributed by atoms with E-state index in [2.05, 4.69) is 10.3 Å². The molecule has 106 valence electrons. The van der Waals surface area contributed by atoms with E-state index in [4.69, 9.17) is 16.3 Å². The predicted molar refractivity (Wildman–Crippen MR) is 84.3 cm³/mol. The summed E-state index contributed by atoms with van der Waals surface area (Å²) in [5, 5.41) is 4.41. The smallest absolute Gasteiger partial charge is 0.255 e. The highest BCUT2D eigenvalue weighted by Gasteiger charge is 2.11. The molecule has 2 aromatic carbocycles. The Labute approximate surface area is 126 Å². The van der Waals surface area contributed by atoms with Gasteiger partial charge in [-0.25, -0.2) is 0 Å². The Morgan fingerprint density at radius 1 is 1.19 bits per heavy atom. The van der Waals surface area contributed by atoms with E-state index in [-0.39, 0.29) is 5.91 Å². The van der Waals surface area contributed by atoms with Crippen LogP contribution in [0.15, 0.2) is 48.7 Å². The Bertz CT molecular complexity index is 811. The van der Waals surface area contributed by atoms with Gasteiger partial charge in [-0.05, 0) is 41.8 Å². The van der Waals surface area contributed by atoms with Gasteiger partial charge in [0.25, 0.3) is 5.91 Å². The second-order valence-corrected chi connectivity index (χ2v) is 5.01. The van der Waals surface area contributed by atoms with Crippen LogP contribution in [0.3, 0.4) is 0 Å². The first-order chi connectivity index (χ1) is 10.2. The fraction of sp³-hybridized carbons (Fsp3) is 0.0625. The maximum atomic E-state index is 12.3. The van der Waals surface area contributed by atoms with E-state index in [9.17, 15) is 4.79 Å². The van der Waals surface area contributed by atoms with Crippen molar-refractivity contribution in [2.75, 3.05) is 12.4 Å². The van der Waals surface area contributed by atoms with Crippen molar-refractivity contribution in [1.82, 2.24) is 4.98 Å². The van der Waals surface area contributed by atoms with Crippen LogP contribution in [0.4, 0.5) is 5.69 Å². The quantitative estimate of drug-likeness (QED) is 0.765. The molecular weight excluding hydrogens is 288 g/mol. The van der Waals surface area contributed by atoms with Crippen LogP contribution in [0.5, 0.6) is 5.75 Å². The van der Waals surface area contributed by atoms with Crippen molar-refractivity contribution in [3.8, 4) is 5.75 Å². The number of halogens is 1. The van der Waals surface area contributed by atoms with Crippen molar-refractivity contribution >= 4 is 34.1 Å². The zero-order valence-corrected chi connectivity index (χ0v) is 12.1. The Morgan fingerprint density at radius 2 is 2.05 bits per heavy atom. The molecule has 0 spiro atoms. The van der Waals surface area contributed by atoms with E-state index in [0.29, 0.717) is 22.0 Å². The highest BCUT2D eigenvalue weighted by atomic mass is 35.5. The molecule has 0 saturated carbocycles. The highest BCUT2D eigenvalue weighted by Crippen LogP contribution is 2.28. The third-order valence-corrected chi connectivity index (χ3v) is 3.46. The van der Waals surface area contributed by atoms with E-state index in [0.717, 1.165) is 10.9 Å². The summed E-state index contributed by atoms with van der Waals surface area (Å²) in [6.45, 7) is 0. The van der Waals surface area contributed by atoms with Crippen LogP contribution in [-0.4, -0.2) is 18.0 Å². The molecule has 3 aromatic rings. The minimum Gasteiger partial charge on any atom is -0.495 e. The van der Waals surface area contributed by atoms with Gasteiger partial charge in [-0.3, -0.25) is 4.79 Å². The molecule has 0 saturated heterocycles. The number of carbonyl (C=O) groups is 1. The number of hydrogen-bond donors (Lipinski definition) is 2. The van der Waals surface area contributed by atoms with Gasteiger partial charge in [0, 0.05) is 22.3 Å². The van der Waals surface area contributed by atoms with Gasteiger partial charge in [0.15, 0.2) is 0 Å². The van der Waals surface area contributed by atoms with Crippen LogP contribution in [-0.2, 0) is 0 Å². The molecular formula is C16H13ClN2O2. The largest absolute Gasteiger partial charge is 0.495 e. The topological polar surface area (TPSA) is 54.1 Å². The minimum atomic E-state index is -0.216. The van der Waals surface area contributed by atoms with Crippen LogP contribution in [0.2, 0.25) is 5.02 Å². The van der Waals surface area contributed by atoms with Crippen LogP contribution < -0.4 is 10.1 Å². The summed E-state index contributed by atoms with van der Waals surface area (Å²) in [4.78, 5) is 15.4. The van der Waals surface area contributed by atoms with Crippen molar-refractivity contribution in [2.24, 2.45) is 0 Å². The summed E-state index contributed by atoms with van der Waals surface area (Å²) in [7, 11) is 1.55. The molecule has 1 aromatic heterocycles. The lowest BCUT2D eigenvalue weighted by Crippen LogP contribution is -2.12. The fourth-order valence-electron chi connectivity index (χ4n) is 2.16. The first-order valence-electron chi connectivity index (χ1n) is 6.39. The van der Waals surface area contributed by atoms with Gasteiger partial charge in [-0.2, -0.15) is 0 Å². The van der Waals surface area contributed by atoms with E-state index in [1.165, 1.54) is 0 Å². The monoisotopic (exact) mass is 300 g/mol. The molecule has 0 unspecified atom stereocenters. The highest BCUT2D eigenvalue weighted by molar-refractivity contribution is 6.31. The summed E-state index contributed by atoms with van der Waals surface area (Å²) in [5.74, 6) is 0.348. The number of fused-ring (bicyclic) bond motifs is 1. The number of rotatable bonds is 3. The third kappa shape index (κ3) is 2.71.